The molecule has 0 unspecified atom stereocenters. The molecule has 0 amide bonds. The van der Waals surface area contributed by atoms with Crippen molar-refractivity contribution in [2.24, 2.45) is 28.6 Å². The molecule has 4 aliphatic carbocycles. The summed E-state index contributed by atoms with van der Waals surface area (Å²) in [5.41, 5.74) is 3.61. The molecular formula is C25H31NO2. The molecular weight excluding hydrogens is 346 g/mol. The Kier molecular flexibility index (Phi) is 4.17. The fourth-order valence-electron chi connectivity index (χ4n) is 7.10. The Hall–Kier alpha value is -1.74. The zero-order valence-electron chi connectivity index (χ0n) is 17.0. The first kappa shape index (κ1) is 18.3. The quantitative estimate of drug-likeness (QED) is 0.555. The van der Waals surface area contributed by atoms with Crippen LogP contribution in [0.25, 0.3) is 6.08 Å². The van der Waals surface area contributed by atoms with E-state index in [4.69, 9.17) is 0 Å². The summed E-state index contributed by atoms with van der Waals surface area (Å²) in [6.07, 6.45) is 15.0. The molecule has 0 radical (unpaired) electrons. The van der Waals surface area contributed by atoms with Crippen molar-refractivity contribution in [2.45, 2.75) is 64.9 Å². The summed E-state index contributed by atoms with van der Waals surface area (Å²) in [7, 11) is 0. The van der Waals surface area contributed by atoms with E-state index in [0.29, 0.717) is 23.5 Å². The van der Waals surface area contributed by atoms with E-state index in [1.165, 1.54) is 5.57 Å². The van der Waals surface area contributed by atoms with Gasteiger partial charge < -0.3 is 5.11 Å². The van der Waals surface area contributed by atoms with Crippen molar-refractivity contribution in [1.82, 2.24) is 4.98 Å². The molecule has 1 aromatic heterocycles. The molecule has 0 bridgehead atoms. The van der Waals surface area contributed by atoms with E-state index in [2.05, 4.69) is 31.0 Å². The van der Waals surface area contributed by atoms with E-state index in [9.17, 15) is 9.90 Å². The van der Waals surface area contributed by atoms with Crippen molar-refractivity contribution in [2.75, 3.05) is 0 Å². The maximum absolute atomic E-state index is 13.4. The number of ketones is 1. The molecule has 1 heterocycles. The van der Waals surface area contributed by atoms with Gasteiger partial charge in [-0.15, -0.1) is 0 Å². The molecule has 0 spiro atoms. The summed E-state index contributed by atoms with van der Waals surface area (Å²) in [5, 5.41) is 10.2. The van der Waals surface area contributed by atoms with Crippen molar-refractivity contribution in [3.63, 3.8) is 0 Å². The molecule has 0 saturated heterocycles. The lowest BCUT2D eigenvalue weighted by Gasteiger charge is -2.56. The van der Waals surface area contributed by atoms with E-state index < -0.39 is 0 Å². The molecule has 28 heavy (non-hydrogen) atoms. The Bertz CT molecular complexity index is 857. The zero-order chi connectivity index (χ0) is 19.5. The molecule has 4 aliphatic rings. The first-order chi connectivity index (χ1) is 13.4. The van der Waals surface area contributed by atoms with Gasteiger partial charge >= 0.3 is 0 Å². The summed E-state index contributed by atoms with van der Waals surface area (Å²) in [4.78, 5) is 17.5. The minimum atomic E-state index is -0.198. The Morgan fingerprint density at radius 1 is 1.07 bits per heavy atom. The monoisotopic (exact) mass is 377 g/mol. The highest BCUT2D eigenvalue weighted by atomic mass is 16.3. The van der Waals surface area contributed by atoms with Crippen LogP contribution in [0.2, 0.25) is 0 Å². The lowest BCUT2D eigenvalue weighted by Crippen LogP contribution is -2.50. The van der Waals surface area contributed by atoms with Gasteiger partial charge in [0.25, 0.3) is 0 Å². The largest absolute Gasteiger partial charge is 0.393 e. The van der Waals surface area contributed by atoms with Crippen LogP contribution >= 0.6 is 0 Å². The molecule has 1 aromatic rings. The first-order valence-corrected chi connectivity index (χ1v) is 10.9. The minimum absolute atomic E-state index is 0.160. The number of Topliss-reactive ketones (excluding diaryl/α,β-unsaturated/α-hetero) is 1. The summed E-state index contributed by atoms with van der Waals surface area (Å²) >= 11 is 0. The van der Waals surface area contributed by atoms with E-state index in [1.807, 2.05) is 12.1 Å². The van der Waals surface area contributed by atoms with Crippen LogP contribution in [-0.2, 0) is 4.79 Å². The number of carbonyl (C=O) groups is 1. The molecule has 148 valence electrons. The fourth-order valence-corrected chi connectivity index (χ4v) is 7.10. The maximum atomic E-state index is 13.4. The van der Waals surface area contributed by atoms with Crippen LogP contribution in [-0.4, -0.2) is 22.0 Å². The van der Waals surface area contributed by atoms with Crippen LogP contribution in [0, 0.1) is 28.6 Å². The average Bonchev–Trinajstić information content (AvgIpc) is 2.94. The fraction of sp³-hybridized carbons (Fsp3) is 0.600. The van der Waals surface area contributed by atoms with Gasteiger partial charge in [0, 0.05) is 17.8 Å². The third-order valence-electron chi connectivity index (χ3n) is 8.76. The van der Waals surface area contributed by atoms with Crippen LogP contribution < -0.4 is 0 Å². The number of carbonyl (C=O) groups excluding carboxylic acids is 1. The van der Waals surface area contributed by atoms with Crippen molar-refractivity contribution in [3.8, 4) is 0 Å². The molecule has 6 atom stereocenters. The summed E-state index contributed by atoms with van der Waals surface area (Å²) < 4.78 is 0. The molecule has 1 N–H and O–H groups in total. The van der Waals surface area contributed by atoms with Gasteiger partial charge in [-0.3, -0.25) is 9.78 Å². The number of aliphatic hydroxyl groups excluding tert-OH is 1. The SMILES string of the molecule is C[C@]12CC[C@H](O)CC1=CC[C@@H]1[C@@H]2CC[C@]2(C)C(=O)/C(=C/c3ccncc3)C[C@@H]12. The van der Waals surface area contributed by atoms with Gasteiger partial charge in [-0.05, 0) is 97.5 Å². The van der Waals surface area contributed by atoms with Crippen LogP contribution in [0.1, 0.15) is 64.4 Å². The molecule has 3 nitrogen and oxygen atoms in total. The van der Waals surface area contributed by atoms with Gasteiger partial charge in [-0.1, -0.05) is 25.5 Å². The number of rotatable bonds is 1. The van der Waals surface area contributed by atoms with Crippen LogP contribution in [0.15, 0.2) is 41.7 Å². The summed E-state index contributed by atoms with van der Waals surface area (Å²) in [6.45, 7) is 4.67. The molecule has 0 aliphatic heterocycles. The predicted molar refractivity (Wildman–Crippen MR) is 110 cm³/mol. The topological polar surface area (TPSA) is 50.2 Å². The van der Waals surface area contributed by atoms with E-state index in [0.717, 1.165) is 56.1 Å². The number of hydrogen-bond acceptors (Lipinski definition) is 3. The molecule has 3 heteroatoms. The van der Waals surface area contributed by atoms with E-state index >= 15 is 0 Å². The normalized spacial score (nSPS) is 43.9. The van der Waals surface area contributed by atoms with Crippen LogP contribution in [0.3, 0.4) is 0 Å². The number of pyridine rings is 1. The smallest absolute Gasteiger partial charge is 0.165 e. The van der Waals surface area contributed by atoms with Gasteiger partial charge in [-0.25, -0.2) is 0 Å². The zero-order valence-corrected chi connectivity index (χ0v) is 17.0. The summed E-state index contributed by atoms with van der Waals surface area (Å²) in [6, 6.07) is 3.97. The van der Waals surface area contributed by atoms with Crippen molar-refractivity contribution in [3.05, 3.63) is 47.3 Å². The number of hydrogen-bond donors (Lipinski definition) is 1. The lowest BCUT2D eigenvalue weighted by molar-refractivity contribution is -0.130. The van der Waals surface area contributed by atoms with Gasteiger partial charge in [-0.2, -0.15) is 0 Å². The van der Waals surface area contributed by atoms with E-state index in [-0.39, 0.29) is 16.9 Å². The second-order valence-corrected chi connectivity index (χ2v) is 10.1. The van der Waals surface area contributed by atoms with Gasteiger partial charge in [0.1, 0.15) is 0 Å². The highest BCUT2D eigenvalue weighted by Gasteiger charge is 2.59. The Labute approximate surface area is 168 Å². The Morgan fingerprint density at radius 2 is 1.82 bits per heavy atom. The number of aromatic nitrogens is 1. The third-order valence-corrected chi connectivity index (χ3v) is 8.76. The number of fused-ring (bicyclic) bond motifs is 5. The molecule has 3 saturated carbocycles. The standard InChI is InChI=1S/C25H31NO2/c1-24-9-5-19(27)15-18(24)3-4-20-21(24)6-10-25(2)22(20)14-17(23(25)28)13-16-7-11-26-12-8-16/h3,7-8,11-13,19-22,27H,4-6,9-10,14-15H2,1-2H3/b17-13+/t19-,20+,21-,22-,24-,25-/m0/s1. The first-order valence-electron chi connectivity index (χ1n) is 10.9. The van der Waals surface area contributed by atoms with Gasteiger partial charge in [0.05, 0.1) is 6.10 Å². The van der Waals surface area contributed by atoms with Crippen LogP contribution in [0.5, 0.6) is 0 Å². The van der Waals surface area contributed by atoms with Gasteiger partial charge in [0.2, 0.25) is 0 Å². The summed E-state index contributed by atoms with van der Waals surface area (Å²) in [5.74, 6) is 2.08. The van der Waals surface area contributed by atoms with E-state index in [1.54, 1.807) is 12.4 Å². The number of aliphatic hydroxyl groups is 1. The second kappa shape index (κ2) is 6.38. The minimum Gasteiger partial charge on any atom is -0.393 e. The predicted octanol–water partition coefficient (Wildman–Crippen LogP) is 4.97. The molecule has 5 rings (SSSR count). The molecule has 3 fully saturated rings. The maximum Gasteiger partial charge on any atom is 0.165 e. The van der Waals surface area contributed by atoms with Gasteiger partial charge in [0.15, 0.2) is 5.78 Å². The van der Waals surface area contributed by atoms with Crippen molar-refractivity contribution in [1.29, 1.82) is 0 Å². The Balaban J connectivity index is 1.48. The van der Waals surface area contributed by atoms with Crippen molar-refractivity contribution < 1.29 is 9.90 Å². The lowest BCUT2D eigenvalue weighted by atomic mass is 9.48. The van der Waals surface area contributed by atoms with Crippen LogP contribution in [0.4, 0.5) is 0 Å². The number of nitrogens with zero attached hydrogens (tertiary/aromatic N) is 1. The molecule has 0 aromatic carbocycles. The highest BCUT2D eigenvalue weighted by Crippen LogP contribution is 2.64. The second-order valence-electron chi connectivity index (χ2n) is 10.1. The highest BCUT2D eigenvalue weighted by molar-refractivity contribution is 6.05. The average molecular weight is 378 g/mol. The third kappa shape index (κ3) is 2.58. The van der Waals surface area contributed by atoms with Crippen molar-refractivity contribution >= 4 is 11.9 Å². The Morgan fingerprint density at radius 3 is 2.61 bits per heavy atom. The number of allylic oxidation sites excluding steroid dienone is 2.